The van der Waals surface area contributed by atoms with E-state index in [0.717, 1.165) is 12.1 Å². The van der Waals surface area contributed by atoms with Gasteiger partial charge in [0, 0.05) is 23.9 Å². The quantitative estimate of drug-likeness (QED) is 0.851. The molecule has 0 saturated carbocycles. The minimum Gasteiger partial charge on any atom is -0.446 e. The van der Waals surface area contributed by atoms with Gasteiger partial charge < -0.3 is 15.1 Å². The third-order valence-corrected chi connectivity index (χ3v) is 4.53. The number of halogens is 3. The summed E-state index contributed by atoms with van der Waals surface area (Å²) in [5, 5.41) is 0. The number of ketones is 1. The van der Waals surface area contributed by atoms with E-state index >= 15 is 0 Å². The Kier molecular flexibility index (Phi) is 3.37. The van der Waals surface area contributed by atoms with Gasteiger partial charge in [-0.2, -0.15) is 13.2 Å². The monoisotopic (exact) mass is 342 g/mol. The molecule has 1 aliphatic carbocycles. The van der Waals surface area contributed by atoms with E-state index in [1.807, 2.05) is 0 Å². The number of carbonyl (C=O) groups excluding carboxylic acids is 2. The standard InChI is InChI=1S/C16H17F3N2O3/c1-14(2)6-15(5-9(20)12(14)22)7-21(8-15)13(23)10-3-4-11(24-10)16(17,18)19/h3-5H,6-8,20H2,1-2H3. The van der Waals surface area contributed by atoms with Gasteiger partial charge in [0.05, 0.1) is 5.70 Å². The van der Waals surface area contributed by atoms with E-state index in [1.54, 1.807) is 19.9 Å². The zero-order chi connectivity index (χ0) is 17.9. The predicted octanol–water partition coefficient (Wildman–Crippen LogP) is 2.58. The highest BCUT2D eigenvalue weighted by Crippen LogP contribution is 2.47. The molecule has 24 heavy (non-hydrogen) atoms. The summed E-state index contributed by atoms with van der Waals surface area (Å²) in [5.41, 5.74) is 4.93. The zero-order valence-corrected chi connectivity index (χ0v) is 13.2. The molecular formula is C16H17F3N2O3. The van der Waals surface area contributed by atoms with Gasteiger partial charge >= 0.3 is 6.18 Å². The highest BCUT2D eigenvalue weighted by molar-refractivity contribution is 6.00. The van der Waals surface area contributed by atoms with Crippen LogP contribution in [0.15, 0.2) is 28.3 Å². The third-order valence-electron chi connectivity index (χ3n) is 4.53. The molecule has 0 unspecified atom stereocenters. The molecule has 1 aliphatic heterocycles. The Morgan fingerprint density at radius 3 is 2.42 bits per heavy atom. The molecule has 0 atom stereocenters. The fourth-order valence-corrected chi connectivity index (χ4v) is 3.62. The number of hydrogen-bond donors (Lipinski definition) is 1. The van der Waals surface area contributed by atoms with Gasteiger partial charge in [0.2, 0.25) is 5.76 Å². The van der Waals surface area contributed by atoms with E-state index in [0.29, 0.717) is 19.5 Å². The first-order valence-electron chi connectivity index (χ1n) is 7.43. The van der Waals surface area contributed by atoms with Crippen LogP contribution in [-0.2, 0) is 11.0 Å². The lowest BCUT2D eigenvalue weighted by Gasteiger charge is -2.53. The Hall–Kier alpha value is -2.25. The van der Waals surface area contributed by atoms with Crippen molar-refractivity contribution >= 4 is 11.7 Å². The molecule has 1 fully saturated rings. The number of nitrogens with two attached hydrogens (primary N) is 1. The highest BCUT2D eigenvalue weighted by Gasteiger charge is 2.52. The second-order valence-electron chi connectivity index (χ2n) is 7.17. The number of carbonyl (C=O) groups is 2. The zero-order valence-electron chi connectivity index (χ0n) is 13.2. The van der Waals surface area contributed by atoms with E-state index in [-0.39, 0.29) is 17.2 Å². The molecule has 2 heterocycles. The van der Waals surface area contributed by atoms with Crippen LogP contribution in [0.2, 0.25) is 0 Å². The van der Waals surface area contributed by atoms with Crippen LogP contribution in [-0.4, -0.2) is 29.7 Å². The molecule has 2 aliphatic rings. The molecule has 1 aromatic heterocycles. The van der Waals surface area contributed by atoms with Crippen LogP contribution < -0.4 is 5.73 Å². The number of alkyl halides is 3. The van der Waals surface area contributed by atoms with Gasteiger partial charge in [-0.15, -0.1) is 0 Å². The maximum absolute atomic E-state index is 12.5. The van der Waals surface area contributed by atoms with Crippen LogP contribution in [0, 0.1) is 10.8 Å². The van der Waals surface area contributed by atoms with Crippen LogP contribution in [0.4, 0.5) is 13.2 Å². The van der Waals surface area contributed by atoms with Gasteiger partial charge in [-0.05, 0) is 24.6 Å². The molecule has 0 radical (unpaired) electrons. The Balaban J connectivity index is 1.74. The van der Waals surface area contributed by atoms with Crippen LogP contribution in [0.1, 0.15) is 36.6 Å². The molecule has 5 nitrogen and oxygen atoms in total. The predicted molar refractivity (Wildman–Crippen MR) is 77.7 cm³/mol. The summed E-state index contributed by atoms with van der Waals surface area (Å²) in [6.07, 6.45) is -2.41. The molecule has 8 heteroatoms. The lowest BCUT2D eigenvalue weighted by atomic mass is 9.62. The second-order valence-corrected chi connectivity index (χ2v) is 7.17. The lowest BCUT2D eigenvalue weighted by Crippen LogP contribution is -2.61. The van der Waals surface area contributed by atoms with Crippen molar-refractivity contribution in [1.82, 2.24) is 4.90 Å². The van der Waals surface area contributed by atoms with E-state index < -0.39 is 28.7 Å². The summed E-state index contributed by atoms with van der Waals surface area (Å²) in [7, 11) is 0. The van der Waals surface area contributed by atoms with Crippen molar-refractivity contribution in [3.8, 4) is 0 Å². The molecular weight excluding hydrogens is 325 g/mol. The number of Topliss-reactive ketones (excluding diaryl/α,β-unsaturated/α-hetero) is 1. The Morgan fingerprint density at radius 2 is 1.92 bits per heavy atom. The maximum atomic E-state index is 12.5. The molecule has 0 bridgehead atoms. The number of hydrogen-bond acceptors (Lipinski definition) is 4. The van der Waals surface area contributed by atoms with Crippen molar-refractivity contribution in [3.63, 3.8) is 0 Å². The van der Waals surface area contributed by atoms with Gasteiger partial charge in [0.25, 0.3) is 5.91 Å². The van der Waals surface area contributed by atoms with E-state index in [2.05, 4.69) is 4.42 Å². The van der Waals surface area contributed by atoms with Gasteiger partial charge in [-0.3, -0.25) is 9.59 Å². The van der Waals surface area contributed by atoms with Crippen LogP contribution in [0.25, 0.3) is 0 Å². The number of allylic oxidation sites excluding steroid dienone is 1. The topological polar surface area (TPSA) is 76.5 Å². The molecule has 1 aromatic rings. The molecule has 2 N–H and O–H groups in total. The normalized spacial score (nSPS) is 22.3. The molecule has 130 valence electrons. The first-order chi connectivity index (χ1) is 10.9. The third kappa shape index (κ3) is 2.59. The van der Waals surface area contributed by atoms with E-state index in [4.69, 9.17) is 5.73 Å². The molecule has 1 spiro atoms. The van der Waals surface area contributed by atoms with Crippen molar-refractivity contribution in [2.24, 2.45) is 16.6 Å². The molecule has 1 amide bonds. The largest absolute Gasteiger partial charge is 0.449 e. The first kappa shape index (κ1) is 16.6. The van der Waals surface area contributed by atoms with Crippen LogP contribution in [0.5, 0.6) is 0 Å². The van der Waals surface area contributed by atoms with Crippen molar-refractivity contribution in [2.45, 2.75) is 26.4 Å². The minimum absolute atomic E-state index is 0.126. The summed E-state index contributed by atoms with van der Waals surface area (Å²) < 4.78 is 42.2. The smallest absolute Gasteiger partial charge is 0.446 e. The Morgan fingerprint density at radius 1 is 1.29 bits per heavy atom. The maximum Gasteiger partial charge on any atom is 0.449 e. The summed E-state index contributed by atoms with van der Waals surface area (Å²) in [4.78, 5) is 25.7. The summed E-state index contributed by atoms with van der Waals surface area (Å²) in [6.45, 7) is 4.18. The summed E-state index contributed by atoms with van der Waals surface area (Å²) >= 11 is 0. The van der Waals surface area contributed by atoms with Crippen molar-refractivity contribution in [2.75, 3.05) is 13.1 Å². The summed E-state index contributed by atoms with van der Waals surface area (Å²) in [5.74, 6) is -2.27. The van der Waals surface area contributed by atoms with Crippen LogP contribution in [0.3, 0.4) is 0 Å². The minimum atomic E-state index is -4.63. The number of nitrogens with zero attached hydrogens (tertiary/aromatic N) is 1. The lowest BCUT2D eigenvalue weighted by molar-refractivity contribution is -0.153. The molecule has 3 rings (SSSR count). The number of rotatable bonds is 1. The van der Waals surface area contributed by atoms with Gasteiger partial charge in [-0.1, -0.05) is 13.8 Å². The second kappa shape index (κ2) is 4.87. The average molecular weight is 342 g/mol. The van der Waals surface area contributed by atoms with E-state index in [9.17, 15) is 22.8 Å². The van der Waals surface area contributed by atoms with Crippen molar-refractivity contribution < 1.29 is 27.2 Å². The fraction of sp³-hybridized carbons (Fsp3) is 0.500. The highest BCUT2D eigenvalue weighted by atomic mass is 19.4. The van der Waals surface area contributed by atoms with Crippen molar-refractivity contribution in [1.29, 1.82) is 0 Å². The Bertz CT molecular complexity index is 740. The van der Waals surface area contributed by atoms with Gasteiger partial charge in [0.1, 0.15) is 0 Å². The van der Waals surface area contributed by atoms with Crippen LogP contribution >= 0.6 is 0 Å². The number of furan rings is 1. The average Bonchev–Trinajstić information content (AvgIpc) is 2.90. The van der Waals surface area contributed by atoms with E-state index in [1.165, 1.54) is 4.90 Å². The SMILES string of the molecule is CC1(C)CC2(C=C(N)C1=O)CN(C(=O)c1ccc(C(F)(F)F)o1)C2. The fourth-order valence-electron chi connectivity index (χ4n) is 3.62. The van der Waals surface area contributed by atoms with Gasteiger partial charge in [0.15, 0.2) is 11.5 Å². The number of amides is 1. The molecule has 1 saturated heterocycles. The van der Waals surface area contributed by atoms with Gasteiger partial charge in [-0.25, -0.2) is 0 Å². The molecule has 0 aromatic carbocycles. The number of likely N-dealkylation sites (tertiary alicyclic amines) is 1. The summed E-state index contributed by atoms with van der Waals surface area (Å²) in [6, 6.07) is 1.76. The first-order valence-corrected chi connectivity index (χ1v) is 7.43. The van der Waals surface area contributed by atoms with Crippen molar-refractivity contribution in [3.05, 3.63) is 35.4 Å². The Labute approximate surface area is 136 Å².